The van der Waals surface area contributed by atoms with Gasteiger partial charge in [0, 0.05) is 10.1 Å². The molecule has 2 N–H and O–H groups in total. The Hall–Kier alpha value is -0.900. The molecule has 1 fully saturated rings. The van der Waals surface area contributed by atoms with Gasteiger partial charge in [0.1, 0.15) is 5.82 Å². The van der Waals surface area contributed by atoms with E-state index < -0.39 is 29.9 Å². The Balaban J connectivity index is 2.26. The van der Waals surface area contributed by atoms with Gasteiger partial charge in [-0.25, -0.2) is 4.39 Å². The second-order valence-electron chi connectivity index (χ2n) is 4.58. The number of anilines is 1. The van der Waals surface area contributed by atoms with Crippen LogP contribution in [0.5, 0.6) is 0 Å². The summed E-state index contributed by atoms with van der Waals surface area (Å²) in [6, 6.07) is 3.48. The van der Waals surface area contributed by atoms with Crippen molar-refractivity contribution in [2.24, 2.45) is 5.41 Å². The zero-order valence-corrected chi connectivity index (χ0v) is 12.3. The van der Waals surface area contributed by atoms with Crippen molar-refractivity contribution in [3.05, 3.63) is 27.6 Å². The summed E-state index contributed by atoms with van der Waals surface area (Å²) in [7, 11) is 0. The SMILES string of the molecule is O=C(Nc1ccc(F)cc1I)C1(C(F)(F)F)CCNC1. The number of carbonyl (C=O) groups is 1. The van der Waals surface area contributed by atoms with E-state index in [0.717, 1.165) is 12.1 Å². The van der Waals surface area contributed by atoms with Gasteiger partial charge < -0.3 is 10.6 Å². The van der Waals surface area contributed by atoms with Gasteiger partial charge in [0.25, 0.3) is 0 Å². The van der Waals surface area contributed by atoms with Crippen molar-refractivity contribution in [3.8, 4) is 0 Å². The Kier molecular flexibility index (Phi) is 4.24. The minimum Gasteiger partial charge on any atom is -0.324 e. The first kappa shape index (κ1) is 15.5. The molecule has 1 amide bonds. The van der Waals surface area contributed by atoms with Crippen LogP contribution in [0.15, 0.2) is 18.2 Å². The summed E-state index contributed by atoms with van der Waals surface area (Å²) >= 11 is 1.76. The minimum atomic E-state index is -4.63. The van der Waals surface area contributed by atoms with Crippen LogP contribution in [0.3, 0.4) is 0 Å². The van der Waals surface area contributed by atoms with E-state index in [9.17, 15) is 22.4 Å². The van der Waals surface area contributed by atoms with Crippen molar-refractivity contribution in [1.29, 1.82) is 0 Å². The fourth-order valence-electron chi connectivity index (χ4n) is 2.09. The van der Waals surface area contributed by atoms with Gasteiger partial charge in [-0.3, -0.25) is 4.79 Å². The lowest BCUT2D eigenvalue weighted by Gasteiger charge is -2.29. The van der Waals surface area contributed by atoms with Crippen LogP contribution in [-0.2, 0) is 4.79 Å². The largest absolute Gasteiger partial charge is 0.404 e. The van der Waals surface area contributed by atoms with Crippen LogP contribution in [0.25, 0.3) is 0 Å². The standard InChI is InChI=1S/C12H11F4IN2O/c13-7-1-2-9(8(17)5-7)19-10(20)11(12(14,15)16)3-4-18-6-11/h1-2,5,18H,3-4,6H2,(H,19,20). The number of alkyl halides is 3. The smallest absolute Gasteiger partial charge is 0.324 e. The highest BCUT2D eigenvalue weighted by atomic mass is 127. The molecule has 110 valence electrons. The maximum atomic E-state index is 13.2. The molecule has 1 aromatic rings. The molecule has 3 nitrogen and oxygen atoms in total. The second-order valence-corrected chi connectivity index (χ2v) is 5.75. The third-order valence-corrected chi connectivity index (χ3v) is 4.20. The molecule has 1 aromatic carbocycles. The maximum absolute atomic E-state index is 13.2. The van der Waals surface area contributed by atoms with Gasteiger partial charge in [-0.15, -0.1) is 0 Å². The zero-order chi connectivity index (χ0) is 15.0. The van der Waals surface area contributed by atoms with Gasteiger partial charge in [0.05, 0.1) is 5.69 Å². The minimum absolute atomic E-state index is 0.132. The fourth-order valence-corrected chi connectivity index (χ4v) is 2.70. The third-order valence-electron chi connectivity index (χ3n) is 3.31. The molecule has 0 radical (unpaired) electrons. The van der Waals surface area contributed by atoms with E-state index in [0.29, 0.717) is 3.57 Å². The lowest BCUT2D eigenvalue weighted by molar-refractivity contribution is -0.213. The topological polar surface area (TPSA) is 41.1 Å². The Morgan fingerprint density at radius 2 is 2.10 bits per heavy atom. The number of carbonyl (C=O) groups excluding carboxylic acids is 1. The van der Waals surface area contributed by atoms with Crippen molar-refractivity contribution in [3.63, 3.8) is 0 Å². The van der Waals surface area contributed by atoms with Crippen LogP contribution < -0.4 is 10.6 Å². The Morgan fingerprint density at radius 1 is 1.40 bits per heavy atom. The first-order chi connectivity index (χ1) is 9.26. The van der Waals surface area contributed by atoms with E-state index in [-0.39, 0.29) is 18.7 Å². The highest BCUT2D eigenvalue weighted by Gasteiger charge is 2.61. The van der Waals surface area contributed by atoms with E-state index in [4.69, 9.17) is 0 Å². The average molecular weight is 402 g/mol. The van der Waals surface area contributed by atoms with Crippen molar-refractivity contribution < 1.29 is 22.4 Å². The van der Waals surface area contributed by atoms with E-state index in [1.807, 2.05) is 0 Å². The number of nitrogens with one attached hydrogen (secondary N) is 2. The molecule has 20 heavy (non-hydrogen) atoms. The molecule has 0 bridgehead atoms. The van der Waals surface area contributed by atoms with Gasteiger partial charge in [0.15, 0.2) is 5.41 Å². The van der Waals surface area contributed by atoms with Gasteiger partial charge in [-0.1, -0.05) is 0 Å². The molecule has 1 unspecified atom stereocenters. The van der Waals surface area contributed by atoms with Crippen molar-refractivity contribution in [2.75, 3.05) is 18.4 Å². The molecular formula is C12H11F4IN2O. The molecule has 1 aliphatic heterocycles. The molecule has 1 heterocycles. The van der Waals surface area contributed by atoms with Crippen LogP contribution >= 0.6 is 22.6 Å². The first-order valence-corrected chi connectivity index (χ1v) is 6.88. The van der Waals surface area contributed by atoms with Crippen molar-refractivity contribution in [1.82, 2.24) is 5.32 Å². The lowest BCUT2D eigenvalue weighted by Crippen LogP contribution is -2.49. The van der Waals surface area contributed by atoms with Crippen LogP contribution in [0.1, 0.15) is 6.42 Å². The summed E-state index contributed by atoms with van der Waals surface area (Å²) < 4.78 is 52.8. The summed E-state index contributed by atoms with van der Waals surface area (Å²) in [6.07, 6.45) is -4.94. The van der Waals surface area contributed by atoms with Gasteiger partial charge in [0.2, 0.25) is 5.91 Å². The predicted molar refractivity (Wildman–Crippen MR) is 73.7 cm³/mol. The van der Waals surface area contributed by atoms with Crippen LogP contribution in [0, 0.1) is 14.8 Å². The third kappa shape index (κ3) is 2.76. The summed E-state index contributed by atoms with van der Waals surface area (Å²) in [5.74, 6) is -1.63. The molecule has 1 aliphatic rings. The molecular weight excluding hydrogens is 391 g/mol. The van der Waals surface area contributed by atoms with Gasteiger partial charge in [-0.2, -0.15) is 13.2 Å². The predicted octanol–water partition coefficient (Wildman–Crippen LogP) is 2.91. The highest BCUT2D eigenvalue weighted by molar-refractivity contribution is 14.1. The molecule has 2 rings (SSSR count). The van der Waals surface area contributed by atoms with Gasteiger partial charge in [-0.05, 0) is 53.8 Å². The molecule has 1 atom stereocenters. The maximum Gasteiger partial charge on any atom is 0.404 e. The number of amides is 1. The zero-order valence-electron chi connectivity index (χ0n) is 10.2. The van der Waals surface area contributed by atoms with Crippen LogP contribution in [0.4, 0.5) is 23.2 Å². The number of hydrogen-bond donors (Lipinski definition) is 2. The average Bonchev–Trinajstić information content (AvgIpc) is 2.82. The van der Waals surface area contributed by atoms with E-state index in [1.165, 1.54) is 6.07 Å². The molecule has 0 aromatic heterocycles. The number of hydrogen-bond acceptors (Lipinski definition) is 2. The molecule has 1 saturated heterocycles. The van der Waals surface area contributed by atoms with Crippen LogP contribution in [-0.4, -0.2) is 25.2 Å². The Labute approximate surface area is 126 Å². The second kappa shape index (κ2) is 5.47. The number of benzene rings is 1. The Bertz CT molecular complexity index is 527. The molecule has 0 spiro atoms. The normalized spacial score (nSPS) is 22.9. The fraction of sp³-hybridized carbons (Fsp3) is 0.417. The molecule has 0 saturated carbocycles. The quantitative estimate of drug-likeness (QED) is 0.590. The lowest BCUT2D eigenvalue weighted by atomic mass is 9.85. The van der Waals surface area contributed by atoms with Crippen molar-refractivity contribution in [2.45, 2.75) is 12.6 Å². The summed E-state index contributed by atoms with van der Waals surface area (Å²) in [4.78, 5) is 12.1. The monoisotopic (exact) mass is 402 g/mol. The summed E-state index contributed by atoms with van der Waals surface area (Å²) in [5.41, 5.74) is -2.25. The summed E-state index contributed by atoms with van der Waals surface area (Å²) in [6.45, 7) is -0.312. The van der Waals surface area contributed by atoms with E-state index >= 15 is 0 Å². The van der Waals surface area contributed by atoms with Crippen LogP contribution in [0.2, 0.25) is 0 Å². The Morgan fingerprint density at radius 3 is 2.60 bits per heavy atom. The summed E-state index contributed by atoms with van der Waals surface area (Å²) in [5, 5.41) is 4.82. The van der Waals surface area contributed by atoms with E-state index in [2.05, 4.69) is 10.6 Å². The van der Waals surface area contributed by atoms with E-state index in [1.54, 1.807) is 22.6 Å². The number of rotatable bonds is 2. The van der Waals surface area contributed by atoms with Crippen molar-refractivity contribution >= 4 is 34.2 Å². The van der Waals surface area contributed by atoms with Gasteiger partial charge >= 0.3 is 6.18 Å². The highest BCUT2D eigenvalue weighted by Crippen LogP contribution is 2.44. The first-order valence-electron chi connectivity index (χ1n) is 5.80. The molecule has 8 heteroatoms. The molecule has 0 aliphatic carbocycles. The number of halogens is 5.